The summed E-state index contributed by atoms with van der Waals surface area (Å²) in [5, 5.41) is 14.6. The van der Waals surface area contributed by atoms with E-state index in [2.05, 4.69) is 10.6 Å². The molecule has 2 atom stereocenters. The van der Waals surface area contributed by atoms with Gasteiger partial charge in [0.15, 0.2) is 0 Å². The second kappa shape index (κ2) is 12.7. The lowest BCUT2D eigenvalue weighted by Gasteiger charge is -2.42. The second-order valence-corrected chi connectivity index (χ2v) is 11.1. The summed E-state index contributed by atoms with van der Waals surface area (Å²) in [4.78, 5) is 64.0. The molecule has 2 rings (SSSR count). The van der Waals surface area contributed by atoms with Gasteiger partial charge in [0.1, 0.15) is 17.7 Å². The highest BCUT2D eigenvalue weighted by atomic mass is 16.6. The van der Waals surface area contributed by atoms with Crippen molar-refractivity contribution in [3.63, 3.8) is 0 Å². The lowest BCUT2D eigenvalue weighted by atomic mass is 9.71. The number of nitrogens with two attached hydrogens (primary N) is 1. The molecule has 0 radical (unpaired) electrons. The molecular formula is C27H40N4O7. The molecule has 210 valence electrons. The van der Waals surface area contributed by atoms with E-state index in [0.717, 1.165) is 5.56 Å². The van der Waals surface area contributed by atoms with Gasteiger partial charge in [-0.2, -0.15) is 0 Å². The largest absolute Gasteiger partial charge is 0.480 e. The summed E-state index contributed by atoms with van der Waals surface area (Å²) in [5.41, 5.74) is 4.21. The fraction of sp³-hybridized carbons (Fsp3) is 0.593. The molecule has 0 aromatic heterocycles. The molecule has 0 saturated carbocycles. The highest BCUT2D eigenvalue weighted by Crippen LogP contribution is 2.36. The topological polar surface area (TPSA) is 168 Å². The molecule has 1 aromatic carbocycles. The van der Waals surface area contributed by atoms with Crippen LogP contribution in [0.3, 0.4) is 0 Å². The van der Waals surface area contributed by atoms with E-state index in [-0.39, 0.29) is 25.4 Å². The number of nitrogens with one attached hydrogen (secondary N) is 2. The number of carbonyl (C=O) groups is 5. The number of amides is 4. The average Bonchev–Trinajstić information content (AvgIpc) is 2.82. The molecule has 0 unspecified atom stereocenters. The Balaban J connectivity index is 2.29. The molecule has 1 saturated heterocycles. The van der Waals surface area contributed by atoms with Crippen LogP contribution in [0.2, 0.25) is 0 Å². The van der Waals surface area contributed by atoms with Crippen LogP contribution in [0.1, 0.15) is 65.9 Å². The zero-order valence-corrected chi connectivity index (χ0v) is 22.8. The highest BCUT2D eigenvalue weighted by Gasteiger charge is 2.45. The van der Waals surface area contributed by atoms with Crippen molar-refractivity contribution in [1.82, 2.24) is 15.5 Å². The number of ether oxygens (including phenoxy) is 1. The van der Waals surface area contributed by atoms with Crippen LogP contribution in [0.5, 0.6) is 0 Å². The number of carbonyl (C=O) groups excluding carboxylic acids is 4. The zero-order valence-electron chi connectivity index (χ0n) is 22.8. The minimum Gasteiger partial charge on any atom is -0.480 e. The van der Waals surface area contributed by atoms with E-state index >= 15 is 0 Å². The van der Waals surface area contributed by atoms with Crippen molar-refractivity contribution in [2.75, 3.05) is 13.1 Å². The van der Waals surface area contributed by atoms with Crippen LogP contribution in [0.4, 0.5) is 4.79 Å². The molecule has 0 bridgehead atoms. The first-order chi connectivity index (χ1) is 17.6. The first kappa shape index (κ1) is 30.6. The van der Waals surface area contributed by atoms with Gasteiger partial charge in [0.25, 0.3) is 0 Å². The molecule has 38 heavy (non-hydrogen) atoms. The number of piperidine rings is 1. The van der Waals surface area contributed by atoms with Gasteiger partial charge >= 0.3 is 12.1 Å². The van der Waals surface area contributed by atoms with Gasteiger partial charge < -0.3 is 31.1 Å². The maximum atomic E-state index is 13.9. The molecule has 11 heteroatoms. The Kier molecular flexibility index (Phi) is 10.3. The predicted molar refractivity (Wildman–Crippen MR) is 140 cm³/mol. The quantitative estimate of drug-likeness (QED) is 0.357. The van der Waals surface area contributed by atoms with Crippen LogP contribution in [0.25, 0.3) is 0 Å². The van der Waals surface area contributed by atoms with Gasteiger partial charge in [-0.05, 0) is 51.5 Å². The smallest absolute Gasteiger partial charge is 0.410 e. The van der Waals surface area contributed by atoms with E-state index in [1.54, 1.807) is 25.7 Å². The summed E-state index contributed by atoms with van der Waals surface area (Å²) in [5.74, 6) is -3.39. The van der Waals surface area contributed by atoms with E-state index in [1.165, 1.54) is 0 Å². The molecule has 5 N–H and O–H groups in total. The van der Waals surface area contributed by atoms with E-state index < -0.39 is 59.3 Å². The van der Waals surface area contributed by atoms with E-state index in [1.807, 2.05) is 44.2 Å². The average molecular weight is 533 g/mol. The van der Waals surface area contributed by atoms with Crippen LogP contribution in [0.15, 0.2) is 30.3 Å². The summed E-state index contributed by atoms with van der Waals surface area (Å²) in [6.45, 7) is 9.65. The van der Waals surface area contributed by atoms with Crippen LogP contribution in [-0.2, 0) is 29.3 Å². The van der Waals surface area contributed by atoms with Crippen molar-refractivity contribution >= 4 is 29.8 Å². The maximum absolute atomic E-state index is 13.9. The predicted octanol–water partition coefficient (Wildman–Crippen LogP) is 1.93. The van der Waals surface area contributed by atoms with Crippen molar-refractivity contribution in [3.05, 3.63) is 35.9 Å². The summed E-state index contributed by atoms with van der Waals surface area (Å²) in [6.07, 6.45) is -0.173. The molecule has 0 spiro atoms. The Morgan fingerprint density at radius 2 is 1.61 bits per heavy atom. The molecule has 1 heterocycles. The fourth-order valence-corrected chi connectivity index (χ4v) is 4.47. The number of likely N-dealkylation sites (tertiary alicyclic amines) is 1. The lowest BCUT2D eigenvalue weighted by Crippen LogP contribution is -2.58. The van der Waals surface area contributed by atoms with E-state index in [0.29, 0.717) is 12.8 Å². The molecule has 1 aliphatic rings. The molecular weight excluding hydrogens is 492 g/mol. The van der Waals surface area contributed by atoms with Gasteiger partial charge in [0.05, 0.1) is 11.8 Å². The van der Waals surface area contributed by atoms with Crippen LogP contribution in [0, 0.1) is 5.92 Å². The number of rotatable bonds is 10. The third kappa shape index (κ3) is 8.46. The van der Waals surface area contributed by atoms with E-state index in [4.69, 9.17) is 10.5 Å². The number of hydrogen-bond donors (Lipinski definition) is 4. The molecule has 1 aliphatic heterocycles. The van der Waals surface area contributed by atoms with Crippen LogP contribution in [-0.4, -0.2) is 70.6 Å². The SMILES string of the molecule is CC(C)C[C@H](NC(=O)C1(c2ccccc2)CCN(C(=O)OC(C)(C)C)CC1)C(=O)N[C@@H](CC(N)=O)C(=O)O. The fourth-order valence-electron chi connectivity index (χ4n) is 4.47. The zero-order chi connectivity index (χ0) is 28.7. The highest BCUT2D eigenvalue weighted by molar-refractivity contribution is 5.95. The van der Waals surface area contributed by atoms with Gasteiger partial charge in [-0.1, -0.05) is 44.2 Å². The monoisotopic (exact) mass is 532 g/mol. The van der Waals surface area contributed by atoms with Gasteiger partial charge in [0.2, 0.25) is 17.7 Å². The number of carboxylic acids is 1. The van der Waals surface area contributed by atoms with Crippen molar-refractivity contribution < 1.29 is 33.8 Å². The maximum Gasteiger partial charge on any atom is 0.410 e. The Bertz CT molecular complexity index is 1010. The lowest BCUT2D eigenvalue weighted by molar-refractivity contribution is -0.144. The number of primary amides is 1. The van der Waals surface area contributed by atoms with Crippen molar-refractivity contribution in [1.29, 1.82) is 0 Å². The normalized spacial score (nSPS) is 16.7. The molecule has 1 aromatic rings. The van der Waals surface area contributed by atoms with Crippen molar-refractivity contribution in [2.45, 2.75) is 83.4 Å². The first-order valence-electron chi connectivity index (χ1n) is 12.8. The third-order valence-corrected chi connectivity index (χ3v) is 6.38. The Morgan fingerprint density at radius 3 is 2.08 bits per heavy atom. The van der Waals surface area contributed by atoms with E-state index in [9.17, 15) is 29.1 Å². The summed E-state index contributed by atoms with van der Waals surface area (Å²) in [6, 6.07) is 6.62. The summed E-state index contributed by atoms with van der Waals surface area (Å²) < 4.78 is 5.49. The second-order valence-electron chi connectivity index (χ2n) is 11.1. The molecule has 0 aliphatic carbocycles. The number of benzene rings is 1. The number of hydrogen-bond acceptors (Lipinski definition) is 6. The number of nitrogens with zero attached hydrogens (tertiary/aromatic N) is 1. The summed E-state index contributed by atoms with van der Waals surface area (Å²) >= 11 is 0. The number of aliphatic carboxylic acids is 1. The van der Waals surface area contributed by atoms with Gasteiger partial charge in [-0.3, -0.25) is 14.4 Å². The number of carboxylic acid groups (broad SMARTS) is 1. The molecule has 1 fully saturated rings. The summed E-state index contributed by atoms with van der Waals surface area (Å²) in [7, 11) is 0. The van der Waals surface area contributed by atoms with Crippen LogP contribution >= 0.6 is 0 Å². The Labute approximate surface area is 223 Å². The van der Waals surface area contributed by atoms with Crippen molar-refractivity contribution in [3.8, 4) is 0 Å². The first-order valence-corrected chi connectivity index (χ1v) is 12.8. The van der Waals surface area contributed by atoms with Gasteiger partial charge in [0, 0.05) is 13.1 Å². The Morgan fingerprint density at radius 1 is 1.03 bits per heavy atom. The minimum atomic E-state index is -1.51. The minimum absolute atomic E-state index is 0.00726. The molecule has 4 amide bonds. The van der Waals surface area contributed by atoms with Crippen molar-refractivity contribution in [2.24, 2.45) is 11.7 Å². The van der Waals surface area contributed by atoms with Gasteiger partial charge in [-0.15, -0.1) is 0 Å². The van der Waals surface area contributed by atoms with Gasteiger partial charge in [-0.25, -0.2) is 9.59 Å². The molecule has 11 nitrogen and oxygen atoms in total. The third-order valence-electron chi connectivity index (χ3n) is 6.38. The standard InChI is InChI=1S/C27H40N4O7/c1-17(2)15-19(22(33)29-20(23(34)35)16-21(28)32)30-24(36)27(18-9-7-6-8-10-18)11-13-31(14-12-27)25(37)38-26(3,4)5/h6-10,17,19-20H,11-16H2,1-5H3,(H2,28,32)(H,29,33)(H,30,36)(H,34,35)/t19-,20-/m0/s1. The Hall–Kier alpha value is -3.63. The van der Waals surface area contributed by atoms with Crippen LogP contribution < -0.4 is 16.4 Å².